The van der Waals surface area contributed by atoms with Crippen molar-refractivity contribution in [2.24, 2.45) is 29.6 Å². The van der Waals surface area contributed by atoms with Crippen LogP contribution in [0.15, 0.2) is 12.1 Å². The first-order valence-corrected chi connectivity index (χ1v) is 11.0. The number of halogens is 2. The van der Waals surface area contributed by atoms with Crippen molar-refractivity contribution in [3.05, 3.63) is 34.9 Å². The predicted molar refractivity (Wildman–Crippen MR) is 103 cm³/mol. The Kier molecular flexibility index (Phi) is 5.39. The first-order chi connectivity index (χ1) is 12.5. The molecule has 0 aromatic heterocycles. The first-order valence-electron chi connectivity index (χ1n) is 11.0. The van der Waals surface area contributed by atoms with Gasteiger partial charge in [-0.15, -0.1) is 0 Å². The second-order valence-corrected chi connectivity index (χ2v) is 9.73. The molecule has 1 aromatic carbocycles. The summed E-state index contributed by atoms with van der Waals surface area (Å²) in [5, 5.41) is 0. The van der Waals surface area contributed by atoms with Crippen molar-refractivity contribution in [2.75, 3.05) is 0 Å². The fourth-order valence-corrected chi connectivity index (χ4v) is 6.41. The Labute approximate surface area is 157 Å². The maximum atomic E-state index is 13.9. The van der Waals surface area contributed by atoms with Crippen LogP contribution in [0.5, 0.6) is 0 Å². The van der Waals surface area contributed by atoms with E-state index in [4.69, 9.17) is 0 Å². The molecule has 4 atom stereocenters. The van der Waals surface area contributed by atoms with E-state index in [9.17, 15) is 8.78 Å². The number of benzene rings is 1. The van der Waals surface area contributed by atoms with Crippen molar-refractivity contribution >= 4 is 0 Å². The van der Waals surface area contributed by atoms with Crippen LogP contribution in [0.25, 0.3) is 0 Å². The molecule has 0 bridgehead atoms. The SMILES string of the molecule is Cc1c(F)cc(C2CCC(C3CCC4CC(C)CCC4C3)CC2)cc1F. The molecule has 4 rings (SSSR count). The van der Waals surface area contributed by atoms with Gasteiger partial charge < -0.3 is 0 Å². The maximum absolute atomic E-state index is 13.9. The van der Waals surface area contributed by atoms with E-state index in [0.29, 0.717) is 5.92 Å². The maximum Gasteiger partial charge on any atom is 0.129 e. The van der Waals surface area contributed by atoms with Gasteiger partial charge in [0.25, 0.3) is 0 Å². The fraction of sp³-hybridized carbons (Fsp3) is 0.750. The largest absolute Gasteiger partial charge is 0.207 e. The van der Waals surface area contributed by atoms with Gasteiger partial charge in [0.05, 0.1) is 0 Å². The number of hydrogen-bond donors (Lipinski definition) is 0. The standard InChI is InChI=1S/C24H34F2/c1-15-3-4-21-12-20(10-9-19(21)11-15)17-5-7-18(8-6-17)22-13-23(25)16(2)24(26)14-22/h13-15,17-21H,3-12H2,1-2H3. The molecule has 0 heterocycles. The van der Waals surface area contributed by atoms with Crippen molar-refractivity contribution in [2.45, 2.75) is 84.0 Å². The summed E-state index contributed by atoms with van der Waals surface area (Å²) in [6.45, 7) is 3.95. The Balaban J connectivity index is 1.34. The van der Waals surface area contributed by atoms with Crippen molar-refractivity contribution in [3.63, 3.8) is 0 Å². The highest BCUT2D eigenvalue weighted by molar-refractivity contribution is 5.28. The third kappa shape index (κ3) is 3.71. The third-order valence-corrected chi connectivity index (χ3v) is 8.13. The zero-order chi connectivity index (χ0) is 18.3. The van der Waals surface area contributed by atoms with E-state index < -0.39 is 0 Å². The number of rotatable bonds is 2. The second kappa shape index (κ2) is 7.60. The van der Waals surface area contributed by atoms with Crippen molar-refractivity contribution in [1.82, 2.24) is 0 Å². The minimum Gasteiger partial charge on any atom is -0.207 e. The van der Waals surface area contributed by atoms with Crippen LogP contribution in [0.4, 0.5) is 8.78 Å². The highest BCUT2D eigenvalue weighted by Gasteiger charge is 2.38. The molecule has 0 spiro atoms. The monoisotopic (exact) mass is 360 g/mol. The molecule has 0 amide bonds. The van der Waals surface area contributed by atoms with Gasteiger partial charge in [-0.3, -0.25) is 0 Å². The van der Waals surface area contributed by atoms with Crippen molar-refractivity contribution in [1.29, 1.82) is 0 Å². The van der Waals surface area contributed by atoms with E-state index in [1.165, 1.54) is 58.3 Å². The van der Waals surface area contributed by atoms with Crippen LogP contribution in [-0.4, -0.2) is 0 Å². The van der Waals surface area contributed by atoms with E-state index in [0.717, 1.165) is 48.0 Å². The van der Waals surface area contributed by atoms with Crippen LogP contribution in [0.1, 0.15) is 88.2 Å². The minimum atomic E-state index is -0.382. The molecule has 3 aliphatic rings. The molecule has 26 heavy (non-hydrogen) atoms. The summed E-state index contributed by atoms with van der Waals surface area (Å²) in [5.41, 5.74) is 1.04. The molecule has 0 nitrogen and oxygen atoms in total. The van der Waals surface area contributed by atoms with Crippen LogP contribution >= 0.6 is 0 Å². The van der Waals surface area contributed by atoms with Crippen LogP contribution in [0.3, 0.4) is 0 Å². The normalized spacial score (nSPS) is 38.0. The summed E-state index contributed by atoms with van der Waals surface area (Å²) >= 11 is 0. The number of fused-ring (bicyclic) bond motifs is 1. The van der Waals surface area contributed by atoms with Crippen LogP contribution < -0.4 is 0 Å². The highest BCUT2D eigenvalue weighted by Crippen LogP contribution is 2.49. The lowest BCUT2D eigenvalue weighted by atomic mass is 9.61. The van der Waals surface area contributed by atoms with Gasteiger partial charge in [0.15, 0.2) is 0 Å². The molecule has 3 aliphatic carbocycles. The first kappa shape index (κ1) is 18.4. The Morgan fingerprint density at radius 1 is 0.692 bits per heavy atom. The zero-order valence-corrected chi connectivity index (χ0v) is 16.4. The molecule has 0 aliphatic heterocycles. The predicted octanol–water partition coefficient (Wildman–Crippen LogP) is 7.40. The van der Waals surface area contributed by atoms with E-state index in [1.54, 1.807) is 12.1 Å². The van der Waals surface area contributed by atoms with Crippen LogP contribution in [-0.2, 0) is 0 Å². The van der Waals surface area contributed by atoms with E-state index in [-0.39, 0.29) is 17.2 Å². The Morgan fingerprint density at radius 2 is 1.19 bits per heavy atom. The lowest BCUT2D eigenvalue weighted by Crippen LogP contribution is -2.34. The van der Waals surface area contributed by atoms with E-state index >= 15 is 0 Å². The molecule has 3 fully saturated rings. The topological polar surface area (TPSA) is 0 Å². The lowest BCUT2D eigenvalue weighted by Gasteiger charge is -2.45. The van der Waals surface area contributed by atoms with Crippen molar-refractivity contribution in [3.8, 4) is 0 Å². The van der Waals surface area contributed by atoms with Gasteiger partial charge >= 0.3 is 0 Å². The Bertz CT molecular complexity index is 606. The van der Waals surface area contributed by atoms with E-state index in [1.807, 2.05) is 0 Å². The van der Waals surface area contributed by atoms with Gasteiger partial charge in [-0.1, -0.05) is 13.3 Å². The molecule has 0 N–H and O–H groups in total. The third-order valence-electron chi connectivity index (χ3n) is 8.13. The summed E-state index contributed by atoms with van der Waals surface area (Å²) in [7, 11) is 0. The molecule has 4 unspecified atom stereocenters. The number of hydrogen-bond acceptors (Lipinski definition) is 0. The summed E-state index contributed by atoms with van der Waals surface area (Å²) < 4.78 is 27.8. The van der Waals surface area contributed by atoms with Gasteiger partial charge in [-0.25, -0.2) is 8.78 Å². The molecule has 3 saturated carbocycles. The molecule has 0 saturated heterocycles. The Morgan fingerprint density at radius 3 is 1.85 bits per heavy atom. The van der Waals surface area contributed by atoms with Gasteiger partial charge in [-0.05, 0) is 118 Å². The van der Waals surface area contributed by atoms with Crippen molar-refractivity contribution < 1.29 is 8.78 Å². The molecule has 144 valence electrons. The van der Waals surface area contributed by atoms with Crippen LogP contribution in [0, 0.1) is 48.1 Å². The van der Waals surface area contributed by atoms with Crippen LogP contribution in [0.2, 0.25) is 0 Å². The second-order valence-electron chi connectivity index (χ2n) is 9.73. The minimum absolute atomic E-state index is 0.154. The zero-order valence-electron chi connectivity index (χ0n) is 16.4. The molecule has 0 radical (unpaired) electrons. The summed E-state index contributed by atoms with van der Waals surface area (Å²) in [6.07, 6.45) is 13.4. The van der Waals surface area contributed by atoms with Gasteiger partial charge in [-0.2, -0.15) is 0 Å². The lowest BCUT2D eigenvalue weighted by molar-refractivity contribution is 0.0672. The fourth-order valence-electron chi connectivity index (χ4n) is 6.41. The van der Waals surface area contributed by atoms with Gasteiger partial charge in [0, 0.05) is 5.56 Å². The average Bonchev–Trinajstić information content (AvgIpc) is 2.65. The smallest absolute Gasteiger partial charge is 0.129 e. The summed E-state index contributed by atoms with van der Waals surface area (Å²) in [4.78, 5) is 0. The molecule has 1 aromatic rings. The Hall–Kier alpha value is -0.920. The van der Waals surface area contributed by atoms with E-state index in [2.05, 4.69) is 6.92 Å². The summed E-state index contributed by atoms with van der Waals surface area (Å²) in [5.74, 6) is 4.29. The highest BCUT2D eigenvalue weighted by atomic mass is 19.1. The average molecular weight is 361 g/mol. The molecular weight excluding hydrogens is 326 g/mol. The molecular formula is C24H34F2. The molecule has 2 heteroatoms. The summed E-state index contributed by atoms with van der Waals surface area (Å²) in [6, 6.07) is 3.16. The van der Waals surface area contributed by atoms with Gasteiger partial charge in [0.1, 0.15) is 11.6 Å². The quantitative estimate of drug-likeness (QED) is 0.515. The van der Waals surface area contributed by atoms with Gasteiger partial charge in [0.2, 0.25) is 0 Å².